The van der Waals surface area contributed by atoms with Gasteiger partial charge in [-0.2, -0.15) is 0 Å². The predicted octanol–water partition coefficient (Wildman–Crippen LogP) is 3.69. The number of aliphatic hydroxyl groups is 1. The van der Waals surface area contributed by atoms with Crippen LogP contribution in [0.2, 0.25) is 0 Å². The van der Waals surface area contributed by atoms with Crippen LogP contribution in [0.4, 0.5) is 0 Å². The third-order valence-electron chi connectivity index (χ3n) is 7.11. The number of carbonyl (C=O) groups excluding carboxylic acids is 1. The maximum atomic E-state index is 12.9. The fourth-order valence-electron chi connectivity index (χ4n) is 5.44. The zero-order valence-electron chi connectivity index (χ0n) is 19.0. The lowest BCUT2D eigenvalue weighted by Gasteiger charge is -2.52. The molecule has 1 heterocycles. The van der Waals surface area contributed by atoms with Crippen molar-refractivity contribution >= 4 is 5.91 Å². The van der Waals surface area contributed by atoms with Gasteiger partial charge in [-0.15, -0.1) is 0 Å². The maximum Gasteiger partial charge on any atom is 0.234 e. The molecule has 3 atom stereocenters. The van der Waals surface area contributed by atoms with Gasteiger partial charge in [0.1, 0.15) is 11.5 Å². The summed E-state index contributed by atoms with van der Waals surface area (Å²) in [6, 6.07) is 15.6. The van der Waals surface area contributed by atoms with Crippen LogP contribution in [-0.4, -0.2) is 48.8 Å². The fourth-order valence-corrected chi connectivity index (χ4v) is 5.44. The first-order valence-electron chi connectivity index (χ1n) is 11.5. The lowest BCUT2D eigenvalue weighted by atomic mass is 9.66. The molecule has 1 aliphatic carbocycles. The van der Waals surface area contributed by atoms with Crippen molar-refractivity contribution in [3.05, 3.63) is 59.7 Å². The quantitative estimate of drug-likeness (QED) is 0.690. The Balaban J connectivity index is 1.60. The molecule has 6 heteroatoms. The van der Waals surface area contributed by atoms with Crippen molar-refractivity contribution in [2.45, 2.75) is 50.3 Å². The summed E-state index contributed by atoms with van der Waals surface area (Å²) in [5.41, 5.74) is 1.36. The second-order valence-electron chi connectivity index (χ2n) is 8.99. The molecule has 1 saturated heterocycles. The van der Waals surface area contributed by atoms with E-state index in [4.69, 9.17) is 9.47 Å². The Hall–Kier alpha value is -2.57. The third-order valence-corrected chi connectivity index (χ3v) is 7.11. The minimum absolute atomic E-state index is 0.0121. The number of benzene rings is 2. The van der Waals surface area contributed by atoms with Crippen molar-refractivity contribution in [1.29, 1.82) is 0 Å². The molecule has 0 bridgehead atoms. The van der Waals surface area contributed by atoms with Gasteiger partial charge in [-0.05, 0) is 43.0 Å². The number of nitrogens with one attached hydrogen (secondary N) is 1. The average molecular weight is 439 g/mol. The number of likely N-dealkylation sites (tertiary alicyclic amines) is 1. The smallest absolute Gasteiger partial charge is 0.234 e. The largest absolute Gasteiger partial charge is 0.497 e. The zero-order chi connectivity index (χ0) is 22.6. The lowest BCUT2D eigenvalue weighted by molar-refractivity contribution is -0.138. The van der Waals surface area contributed by atoms with Crippen molar-refractivity contribution in [2.75, 3.05) is 27.3 Å². The summed E-state index contributed by atoms with van der Waals surface area (Å²) in [7, 11) is 3.32. The van der Waals surface area contributed by atoms with Crippen LogP contribution in [0.5, 0.6) is 11.5 Å². The molecule has 1 saturated carbocycles. The van der Waals surface area contributed by atoms with E-state index in [1.807, 2.05) is 48.5 Å². The number of carbonyl (C=O) groups is 1. The molecule has 0 aromatic heterocycles. The summed E-state index contributed by atoms with van der Waals surface area (Å²) in [6.07, 6.45) is 4.57. The lowest BCUT2D eigenvalue weighted by Crippen LogP contribution is -2.56. The molecule has 2 aromatic rings. The molecule has 2 aliphatic rings. The molecule has 1 amide bonds. The molecular weight excluding hydrogens is 404 g/mol. The van der Waals surface area contributed by atoms with E-state index in [2.05, 4.69) is 10.2 Å². The second-order valence-corrected chi connectivity index (χ2v) is 8.99. The Kier molecular flexibility index (Phi) is 7.01. The highest BCUT2D eigenvalue weighted by molar-refractivity contribution is 5.78. The third kappa shape index (κ3) is 4.76. The van der Waals surface area contributed by atoms with Crippen LogP contribution in [0.25, 0.3) is 0 Å². The number of hydrogen-bond donors (Lipinski definition) is 2. The average Bonchev–Trinajstić information content (AvgIpc) is 2.83. The van der Waals surface area contributed by atoms with Gasteiger partial charge in [0.15, 0.2) is 0 Å². The van der Waals surface area contributed by atoms with E-state index in [1.165, 1.54) is 0 Å². The minimum atomic E-state index is -0.700. The Morgan fingerprint density at radius 2 is 1.94 bits per heavy atom. The van der Waals surface area contributed by atoms with Crippen molar-refractivity contribution < 1.29 is 19.4 Å². The summed E-state index contributed by atoms with van der Waals surface area (Å²) in [5, 5.41) is 14.6. The molecule has 2 aromatic carbocycles. The summed E-state index contributed by atoms with van der Waals surface area (Å²) in [4.78, 5) is 15.1. The summed E-state index contributed by atoms with van der Waals surface area (Å²) in [6.45, 7) is 1.45. The Morgan fingerprint density at radius 3 is 2.69 bits per heavy atom. The monoisotopic (exact) mass is 438 g/mol. The van der Waals surface area contributed by atoms with Crippen LogP contribution >= 0.6 is 0 Å². The fraction of sp³-hybridized carbons (Fsp3) is 0.500. The number of ether oxygens (including phenoxy) is 2. The van der Waals surface area contributed by atoms with Gasteiger partial charge in [-0.1, -0.05) is 43.2 Å². The highest BCUT2D eigenvalue weighted by Crippen LogP contribution is 2.51. The Bertz CT molecular complexity index is 919. The predicted molar refractivity (Wildman–Crippen MR) is 124 cm³/mol. The number of hydrogen-bond acceptors (Lipinski definition) is 5. The first-order valence-corrected chi connectivity index (χ1v) is 11.5. The highest BCUT2D eigenvalue weighted by Gasteiger charge is 2.49. The molecule has 0 unspecified atom stereocenters. The number of methoxy groups -OCH3 is 2. The van der Waals surface area contributed by atoms with Crippen molar-refractivity contribution in [1.82, 2.24) is 10.2 Å². The molecular formula is C26H34N2O4. The number of nitrogens with zero attached hydrogens (tertiary/aromatic N) is 1. The normalized spacial score (nSPS) is 25.6. The van der Waals surface area contributed by atoms with Gasteiger partial charge in [-0.25, -0.2) is 0 Å². The zero-order valence-corrected chi connectivity index (χ0v) is 19.0. The summed E-state index contributed by atoms with van der Waals surface area (Å²) in [5.74, 6) is 1.55. The summed E-state index contributed by atoms with van der Waals surface area (Å²) >= 11 is 0. The SMILES string of the molecule is COc1ccc(OC)c([C@@H]2[C@H]3CCCC[C@@]3(O)CCN2CC(=O)NCc2ccccc2)c1. The Labute approximate surface area is 190 Å². The number of piperidine rings is 1. The van der Waals surface area contributed by atoms with Crippen molar-refractivity contribution in [2.24, 2.45) is 5.92 Å². The van der Waals surface area contributed by atoms with Gasteiger partial charge in [0, 0.05) is 30.6 Å². The van der Waals surface area contributed by atoms with Gasteiger partial charge in [-0.3, -0.25) is 9.69 Å². The van der Waals surface area contributed by atoms with Gasteiger partial charge >= 0.3 is 0 Å². The maximum absolute atomic E-state index is 12.9. The standard InChI is InChI=1S/C26H34N2O4/c1-31-20-11-12-23(32-2)21(16-20)25-22-10-6-7-13-26(22,30)14-15-28(25)18-24(29)27-17-19-8-4-3-5-9-19/h3-5,8-9,11-12,16,22,25,30H,6-7,10,13-15,17-18H2,1-2H3,(H,27,29)/t22-,25-,26-/m1/s1. The van der Waals surface area contributed by atoms with E-state index < -0.39 is 5.60 Å². The second kappa shape index (κ2) is 9.92. The molecule has 32 heavy (non-hydrogen) atoms. The van der Waals surface area contributed by atoms with Crippen LogP contribution in [0.3, 0.4) is 0 Å². The van der Waals surface area contributed by atoms with Crippen LogP contribution < -0.4 is 14.8 Å². The molecule has 0 radical (unpaired) electrons. The molecule has 2 N–H and O–H groups in total. The minimum Gasteiger partial charge on any atom is -0.497 e. The van der Waals surface area contributed by atoms with E-state index in [0.717, 1.165) is 48.3 Å². The van der Waals surface area contributed by atoms with E-state index in [-0.39, 0.29) is 24.4 Å². The summed E-state index contributed by atoms with van der Waals surface area (Å²) < 4.78 is 11.2. The van der Waals surface area contributed by atoms with Crippen LogP contribution in [0.15, 0.2) is 48.5 Å². The first kappa shape index (κ1) is 22.6. The number of rotatable bonds is 7. The molecule has 4 rings (SSSR count). The van der Waals surface area contributed by atoms with Crippen molar-refractivity contribution in [3.63, 3.8) is 0 Å². The molecule has 1 aliphatic heterocycles. The number of amides is 1. The molecule has 6 nitrogen and oxygen atoms in total. The number of fused-ring (bicyclic) bond motifs is 1. The van der Waals surface area contributed by atoms with Crippen molar-refractivity contribution in [3.8, 4) is 11.5 Å². The highest BCUT2D eigenvalue weighted by atomic mass is 16.5. The first-order chi connectivity index (χ1) is 15.5. The van der Waals surface area contributed by atoms with Crippen LogP contribution in [0.1, 0.15) is 49.3 Å². The molecule has 2 fully saturated rings. The molecule has 0 spiro atoms. The van der Waals surface area contributed by atoms with Gasteiger partial charge < -0.3 is 19.9 Å². The molecule has 172 valence electrons. The Morgan fingerprint density at radius 1 is 1.12 bits per heavy atom. The van der Waals surface area contributed by atoms with E-state index in [0.29, 0.717) is 19.5 Å². The van der Waals surface area contributed by atoms with Crippen LogP contribution in [-0.2, 0) is 11.3 Å². The topological polar surface area (TPSA) is 71.0 Å². The van der Waals surface area contributed by atoms with E-state index in [9.17, 15) is 9.90 Å². The van der Waals surface area contributed by atoms with Gasteiger partial charge in [0.25, 0.3) is 0 Å². The van der Waals surface area contributed by atoms with Crippen LogP contribution in [0, 0.1) is 5.92 Å². The van der Waals surface area contributed by atoms with Gasteiger partial charge in [0.2, 0.25) is 5.91 Å². The van der Waals surface area contributed by atoms with E-state index in [1.54, 1.807) is 14.2 Å². The van der Waals surface area contributed by atoms with E-state index >= 15 is 0 Å². The van der Waals surface area contributed by atoms with Gasteiger partial charge in [0.05, 0.1) is 26.4 Å².